The molecule has 0 bridgehead atoms. The van der Waals surface area contributed by atoms with Crippen LogP contribution in [0.4, 0.5) is 5.69 Å². The molecule has 6 nitrogen and oxygen atoms in total. The van der Waals surface area contributed by atoms with E-state index in [1.165, 1.54) is 5.69 Å². The van der Waals surface area contributed by atoms with Crippen molar-refractivity contribution in [3.63, 3.8) is 0 Å². The molecular weight excluding hydrogens is 436 g/mol. The van der Waals surface area contributed by atoms with Crippen molar-refractivity contribution in [1.82, 2.24) is 15.0 Å². The van der Waals surface area contributed by atoms with Crippen LogP contribution in [0.15, 0.2) is 83.4 Å². The van der Waals surface area contributed by atoms with E-state index in [1.807, 2.05) is 72.8 Å². The summed E-state index contributed by atoms with van der Waals surface area (Å²) in [4.78, 5) is 9.28. The molecule has 1 saturated heterocycles. The standard InChI is InChI=1S/C26H25ClN4O2/c27-22-7-4-8-23(17-22)31-15-13-30(14-16-31)18-25-28-26(29-33-25)21-9-11-24(12-10-21)32-19-20-5-2-1-3-6-20/h1-12,17H,13-16,18-19H2. The van der Waals surface area contributed by atoms with Gasteiger partial charge in [-0.3, -0.25) is 4.90 Å². The van der Waals surface area contributed by atoms with Crippen molar-refractivity contribution < 1.29 is 9.26 Å². The first-order valence-electron chi connectivity index (χ1n) is 11.1. The van der Waals surface area contributed by atoms with E-state index in [0.29, 0.717) is 24.9 Å². The Hall–Kier alpha value is -3.35. The van der Waals surface area contributed by atoms with Crippen LogP contribution in [0.5, 0.6) is 5.75 Å². The van der Waals surface area contributed by atoms with Crippen molar-refractivity contribution in [3.05, 3.63) is 95.3 Å². The Labute approximate surface area is 198 Å². The van der Waals surface area contributed by atoms with E-state index >= 15 is 0 Å². The first-order valence-corrected chi connectivity index (χ1v) is 11.4. The Bertz CT molecular complexity index is 1170. The fourth-order valence-corrected chi connectivity index (χ4v) is 4.09. The topological polar surface area (TPSA) is 54.6 Å². The Balaban J connectivity index is 1.14. The molecule has 168 valence electrons. The van der Waals surface area contributed by atoms with Gasteiger partial charge in [0.2, 0.25) is 11.7 Å². The molecule has 0 spiro atoms. The Kier molecular flexibility index (Phi) is 6.56. The Morgan fingerprint density at radius 3 is 2.42 bits per heavy atom. The summed E-state index contributed by atoms with van der Waals surface area (Å²) in [7, 11) is 0. The van der Waals surface area contributed by atoms with Crippen molar-refractivity contribution in [2.75, 3.05) is 31.1 Å². The molecular formula is C26H25ClN4O2. The molecule has 1 aliphatic heterocycles. The number of nitrogens with zero attached hydrogens (tertiary/aromatic N) is 4. The molecule has 0 radical (unpaired) electrons. The van der Waals surface area contributed by atoms with Crippen LogP contribution in [0.1, 0.15) is 11.5 Å². The maximum Gasteiger partial charge on any atom is 0.241 e. The first kappa shape index (κ1) is 21.5. The number of hydrogen-bond acceptors (Lipinski definition) is 6. The lowest BCUT2D eigenvalue weighted by Crippen LogP contribution is -2.46. The average Bonchev–Trinajstić information content (AvgIpc) is 3.33. The number of anilines is 1. The number of halogens is 1. The van der Waals surface area contributed by atoms with Crippen LogP contribution in [0, 0.1) is 0 Å². The molecule has 0 aliphatic carbocycles. The van der Waals surface area contributed by atoms with Crippen LogP contribution in [0.2, 0.25) is 5.02 Å². The lowest BCUT2D eigenvalue weighted by atomic mass is 10.2. The summed E-state index contributed by atoms with van der Waals surface area (Å²) in [5, 5.41) is 4.94. The number of hydrogen-bond donors (Lipinski definition) is 0. The van der Waals surface area contributed by atoms with Crippen LogP contribution in [-0.2, 0) is 13.2 Å². The molecule has 1 fully saturated rings. The van der Waals surface area contributed by atoms with Gasteiger partial charge in [0.25, 0.3) is 0 Å². The van der Waals surface area contributed by atoms with Gasteiger partial charge in [-0.25, -0.2) is 0 Å². The van der Waals surface area contributed by atoms with Gasteiger partial charge in [-0.1, -0.05) is 53.2 Å². The summed E-state index contributed by atoms with van der Waals surface area (Å²) in [5.74, 6) is 2.03. The fourth-order valence-electron chi connectivity index (χ4n) is 3.91. The van der Waals surface area contributed by atoms with Crippen molar-refractivity contribution in [2.45, 2.75) is 13.2 Å². The van der Waals surface area contributed by atoms with Crippen molar-refractivity contribution in [1.29, 1.82) is 0 Å². The number of rotatable bonds is 7. The second-order valence-electron chi connectivity index (χ2n) is 8.05. The minimum Gasteiger partial charge on any atom is -0.489 e. The van der Waals surface area contributed by atoms with Gasteiger partial charge in [0.15, 0.2) is 0 Å². The Morgan fingerprint density at radius 2 is 1.67 bits per heavy atom. The van der Waals surface area contributed by atoms with E-state index in [4.69, 9.17) is 20.9 Å². The van der Waals surface area contributed by atoms with E-state index in [0.717, 1.165) is 48.1 Å². The molecule has 33 heavy (non-hydrogen) atoms. The molecule has 5 rings (SSSR count). The summed E-state index contributed by atoms with van der Waals surface area (Å²) in [6.07, 6.45) is 0. The molecule has 1 aliphatic rings. The highest BCUT2D eigenvalue weighted by molar-refractivity contribution is 6.30. The van der Waals surface area contributed by atoms with E-state index in [-0.39, 0.29) is 0 Å². The van der Waals surface area contributed by atoms with E-state index in [2.05, 4.69) is 26.0 Å². The predicted octanol–water partition coefficient (Wildman–Crippen LogP) is 5.29. The monoisotopic (exact) mass is 460 g/mol. The first-order chi connectivity index (χ1) is 16.2. The van der Waals surface area contributed by atoms with Crippen molar-refractivity contribution in [3.8, 4) is 17.1 Å². The lowest BCUT2D eigenvalue weighted by molar-refractivity contribution is 0.215. The fraction of sp³-hybridized carbons (Fsp3) is 0.231. The van der Waals surface area contributed by atoms with Gasteiger partial charge in [-0.05, 0) is 48.0 Å². The second kappa shape index (κ2) is 10.1. The third kappa shape index (κ3) is 5.53. The molecule has 4 aromatic rings. The molecule has 7 heteroatoms. The number of benzene rings is 3. The molecule has 0 unspecified atom stereocenters. The van der Waals surface area contributed by atoms with Gasteiger partial charge in [0.05, 0.1) is 6.54 Å². The van der Waals surface area contributed by atoms with Crippen LogP contribution >= 0.6 is 11.6 Å². The molecule has 1 aromatic heterocycles. The smallest absolute Gasteiger partial charge is 0.241 e. The SMILES string of the molecule is Clc1cccc(N2CCN(Cc3nc(-c4ccc(OCc5ccccc5)cc4)no3)CC2)c1. The molecule has 0 atom stereocenters. The highest BCUT2D eigenvalue weighted by Gasteiger charge is 2.20. The van der Waals surface area contributed by atoms with Crippen LogP contribution < -0.4 is 9.64 Å². The summed E-state index contributed by atoms with van der Waals surface area (Å²) < 4.78 is 11.4. The quantitative estimate of drug-likeness (QED) is 0.373. The van der Waals surface area contributed by atoms with E-state index in [9.17, 15) is 0 Å². The highest BCUT2D eigenvalue weighted by Crippen LogP contribution is 2.23. The number of ether oxygens (including phenoxy) is 1. The lowest BCUT2D eigenvalue weighted by Gasteiger charge is -2.35. The zero-order chi connectivity index (χ0) is 22.5. The molecule has 0 amide bonds. The predicted molar refractivity (Wildman–Crippen MR) is 129 cm³/mol. The van der Waals surface area contributed by atoms with Gasteiger partial charge >= 0.3 is 0 Å². The average molecular weight is 461 g/mol. The van der Waals surface area contributed by atoms with Gasteiger partial charge in [-0.15, -0.1) is 0 Å². The molecule has 3 aromatic carbocycles. The van der Waals surface area contributed by atoms with Crippen molar-refractivity contribution >= 4 is 17.3 Å². The third-order valence-corrected chi connectivity index (χ3v) is 5.97. The zero-order valence-corrected chi connectivity index (χ0v) is 19.0. The largest absolute Gasteiger partial charge is 0.489 e. The summed E-state index contributed by atoms with van der Waals surface area (Å²) >= 11 is 6.13. The highest BCUT2D eigenvalue weighted by atomic mass is 35.5. The molecule has 0 N–H and O–H groups in total. The van der Waals surface area contributed by atoms with Gasteiger partial charge in [-0.2, -0.15) is 4.98 Å². The van der Waals surface area contributed by atoms with Gasteiger partial charge in [0.1, 0.15) is 12.4 Å². The van der Waals surface area contributed by atoms with E-state index < -0.39 is 0 Å². The second-order valence-corrected chi connectivity index (χ2v) is 8.49. The van der Waals surface area contributed by atoms with E-state index in [1.54, 1.807) is 0 Å². The van der Waals surface area contributed by atoms with Gasteiger partial charge in [0, 0.05) is 42.5 Å². The maximum absolute atomic E-state index is 6.13. The summed E-state index contributed by atoms with van der Waals surface area (Å²) in [5.41, 5.74) is 3.21. The number of piperazine rings is 1. The zero-order valence-electron chi connectivity index (χ0n) is 18.2. The van der Waals surface area contributed by atoms with Crippen LogP contribution in [-0.4, -0.2) is 41.2 Å². The summed E-state index contributed by atoms with van der Waals surface area (Å²) in [6.45, 7) is 4.92. The normalized spacial score (nSPS) is 14.4. The maximum atomic E-state index is 6.13. The minimum absolute atomic E-state index is 0.539. The van der Waals surface area contributed by atoms with Crippen LogP contribution in [0.25, 0.3) is 11.4 Å². The molecule has 0 saturated carbocycles. The minimum atomic E-state index is 0.539. The van der Waals surface area contributed by atoms with Crippen molar-refractivity contribution in [2.24, 2.45) is 0 Å². The molecule has 2 heterocycles. The van der Waals surface area contributed by atoms with Gasteiger partial charge < -0.3 is 14.2 Å². The number of aromatic nitrogens is 2. The van der Waals surface area contributed by atoms with Crippen LogP contribution in [0.3, 0.4) is 0 Å². The summed E-state index contributed by atoms with van der Waals surface area (Å²) in [6, 6.07) is 25.9. The third-order valence-electron chi connectivity index (χ3n) is 5.73. The Morgan fingerprint density at radius 1 is 0.879 bits per heavy atom.